The summed E-state index contributed by atoms with van der Waals surface area (Å²) in [6.45, 7) is 4.00. The van der Waals surface area contributed by atoms with Gasteiger partial charge in [-0.1, -0.05) is 6.92 Å². The first-order valence-electron chi connectivity index (χ1n) is 4.66. The van der Waals surface area contributed by atoms with Crippen molar-refractivity contribution < 1.29 is 4.42 Å². The Hall–Kier alpha value is -0.120. The van der Waals surface area contributed by atoms with Crippen LogP contribution in [0.2, 0.25) is 5.22 Å². The Morgan fingerprint density at radius 3 is 2.93 bits per heavy atom. The second-order valence-corrected chi connectivity index (χ2v) is 4.68. The second-order valence-electron chi connectivity index (χ2n) is 3.40. The molecule has 4 heteroatoms. The molecular formula is C10H16ClNOS. The van der Waals surface area contributed by atoms with E-state index in [1.807, 2.05) is 17.8 Å². The molecule has 80 valence electrons. The highest BCUT2D eigenvalue weighted by atomic mass is 35.5. The molecular weight excluding hydrogens is 218 g/mol. The van der Waals surface area contributed by atoms with Gasteiger partial charge in [-0.05, 0) is 48.2 Å². The van der Waals surface area contributed by atoms with Crippen LogP contribution < -0.4 is 5.32 Å². The third-order valence-corrected chi connectivity index (χ3v) is 2.98. The molecule has 1 aromatic heterocycles. The number of hydrogen-bond acceptors (Lipinski definition) is 3. The lowest BCUT2D eigenvalue weighted by Crippen LogP contribution is -2.21. The molecule has 0 aliphatic rings. The number of thioether (sulfide) groups is 1. The van der Waals surface area contributed by atoms with E-state index in [1.165, 1.54) is 5.75 Å². The maximum atomic E-state index is 5.65. The van der Waals surface area contributed by atoms with E-state index < -0.39 is 0 Å². The zero-order valence-electron chi connectivity index (χ0n) is 8.55. The molecule has 0 spiro atoms. The van der Waals surface area contributed by atoms with Crippen LogP contribution in [0.3, 0.4) is 0 Å². The molecule has 0 amide bonds. The van der Waals surface area contributed by atoms with Gasteiger partial charge in [-0.2, -0.15) is 11.8 Å². The van der Waals surface area contributed by atoms with Crippen molar-refractivity contribution >= 4 is 23.4 Å². The highest BCUT2D eigenvalue weighted by Crippen LogP contribution is 2.12. The van der Waals surface area contributed by atoms with Crippen LogP contribution in [0.25, 0.3) is 0 Å². The summed E-state index contributed by atoms with van der Waals surface area (Å²) in [6, 6.07) is 3.67. The van der Waals surface area contributed by atoms with E-state index in [0.29, 0.717) is 11.1 Å². The van der Waals surface area contributed by atoms with Gasteiger partial charge in [0, 0.05) is 0 Å². The maximum absolute atomic E-state index is 5.65. The summed E-state index contributed by atoms with van der Waals surface area (Å²) >= 11 is 7.53. The molecule has 0 saturated carbocycles. The van der Waals surface area contributed by atoms with Crippen molar-refractivity contribution in [3.63, 3.8) is 0 Å². The van der Waals surface area contributed by atoms with Crippen molar-refractivity contribution in [1.82, 2.24) is 5.32 Å². The van der Waals surface area contributed by atoms with Crippen LogP contribution in [0.4, 0.5) is 0 Å². The molecule has 1 N–H and O–H groups in total. The molecule has 14 heavy (non-hydrogen) atoms. The van der Waals surface area contributed by atoms with E-state index in [0.717, 1.165) is 18.8 Å². The molecule has 0 bridgehead atoms. The Balaban J connectivity index is 2.15. The van der Waals surface area contributed by atoms with E-state index in [4.69, 9.17) is 16.0 Å². The van der Waals surface area contributed by atoms with Crippen LogP contribution >= 0.6 is 23.4 Å². The standard InChI is InChI=1S/C10H16ClNOS/c1-8(7-14-2)5-12-6-9-3-4-10(11)13-9/h3-4,8,12H,5-7H2,1-2H3. The van der Waals surface area contributed by atoms with Crippen molar-refractivity contribution in [3.8, 4) is 0 Å². The van der Waals surface area contributed by atoms with Gasteiger partial charge in [-0.3, -0.25) is 0 Å². The molecule has 1 aromatic rings. The summed E-state index contributed by atoms with van der Waals surface area (Å²) in [5, 5.41) is 3.79. The minimum Gasteiger partial charge on any atom is -0.448 e. The molecule has 0 aliphatic carbocycles. The summed E-state index contributed by atoms with van der Waals surface area (Å²) in [5.41, 5.74) is 0. The van der Waals surface area contributed by atoms with Crippen molar-refractivity contribution in [1.29, 1.82) is 0 Å². The molecule has 1 rings (SSSR count). The van der Waals surface area contributed by atoms with Gasteiger partial charge in [0.25, 0.3) is 0 Å². The first kappa shape index (κ1) is 12.0. The van der Waals surface area contributed by atoms with E-state index in [9.17, 15) is 0 Å². The number of halogens is 1. The normalized spacial score (nSPS) is 13.1. The predicted molar refractivity (Wildman–Crippen MR) is 63.0 cm³/mol. The second kappa shape index (κ2) is 6.38. The Kier molecular flexibility index (Phi) is 5.45. The van der Waals surface area contributed by atoms with Crippen LogP contribution in [0.5, 0.6) is 0 Å². The third-order valence-electron chi connectivity index (χ3n) is 1.87. The Morgan fingerprint density at radius 1 is 1.57 bits per heavy atom. The Morgan fingerprint density at radius 2 is 2.36 bits per heavy atom. The quantitative estimate of drug-likeness (QED) is 0.818. The molecule has 1 unspecified atom stereocenters. The van der Waals surface area contributed by atoms with Gasteiger partial charge in [0.05, 0.1) is 6.54 Å². The number of hydrogen-bond donors (Lipinski definition) is 1. The van der Waals surface area contributed by atoms with Crippen LogP contribution in [-0.2, 0) is 6.54 Å². The lowest BCUT2D eigenvalue weighted by Gasteiger charge is -2.09. The predicted octanol–water partition coefficient (Wildman–Crippen LogP) is 3.02. The molecule has 0 fully saturated rings. The van der Waals surface area contributed by atoms with Gasteiger partial charge in [-0.15, -0.1) is 0 Å². The SMILES string of the molecule is CSCC(C)CNCc1ccc(Cl)o1. The monoisotopic (exact) mass is 233 g/mol. The zero-order chi connectivity index (χ0) is 10.4. The average molecular weight is 234 g/mol. The summed E-state index contributed by atoms with van der Waals surface area (Å²) in [4.78, 5) is 0. The van der Waals surface area contributed by atoms with Gasteiger partial charge in [0.1, 0.15) is 5.76 Å². The molecule has 0 aliphatic heterocycles. The van der Waals surface area contributed by atoms with Crippen LogP contribution in [0.1, 0.15) is 12.7 Å². The van der Waals surface area contributed by atoms with Crippen LogP contribution in [0, 0.1) is 5.92 Å². The zero-order valence-corrected chi connectivity index (χ0v) is 10.1. The van der Waals surface area contributed by atoms with Gasteiger partial charge in [0.15, 0.2) is 5.22 Å². The molecule has 0 radical (unpaired) electrons. The fourth-order valence-corrected chi connectivity index (χ4v) is 2.08. The van der Waals surface area contributed by atoms with Crippen LogP contribution in [-0.4, -0.2) is 18.6 Å². The maximum Gasteiger partial charge on any atom is 0.193 e. The van der Waals surface area contributed by atoms with Crippen LogP contribution in [0.15, 0.2) is 16.5 Å². The lowest BCUT2D eigenvalue weighted by molar-refractivity contribution is 0.467. The van der Waals surface area contributed by atoms with Gasteiger partial charge >= 0.3 is 0 Å². The van der Waals surface area contributed by atoms with Crippen molar-refractivity contribution in [2.45, 2.75) is 13.5 Å². The van der Waals surface area contributed by atoms with E-state index >= 15 is 0 Å². The molecule has 2 nitrogen and oxygen atoms in total. The Labute approximate surface area is 94.4 Å². The first-order chi connectivity index (χ1) is 6.72. The fourth-order valence-electron chi connectivity index (χ4n) is 1.23. The highest BCUT2D eigenvalue weighted by molar-refractivity contribution is 7.98. The van der Waals surface area contributed by atoms with E-state index in [2.05, 4.69) is 18.5 Å². The fraction of sp³-hybridized carbons (Fsp3) is 0.600. The Bertz CT molecular complexity index is 264. The lowest BCUT2D eigenvalue weighted by atomic mass is 10.2. The number of rotatable bonds is 6. The molecule has 1 atom stereocenters. The van der Waals surface area contributed by atoms with Gasteiger partial charge < -0.3 is 9.73 Å². The van der Waals surface area contributed by atoms with Gasteiger partial charge in [-0.25, -0.2) is 0 Å². The number of nitrogens with one attached hydrogen (secondary N) is 1. The minimum absolute atomic E-state index is 0.457. The summed E-state index contributed by atoms with van der Waals surface area (Å²) in [7, 11) is 0. The third kappa shape index (κ3) is 4.40. The summed E-state index contributed by atoms with van der Waals surface area (Å²) in [5.74, 6) is 2.77. The minimum atomic E-state index is 0.457. The van der Waals surface area contributed by atoms with Crippen molar-refractivity contribution in [3.05, 3.63) is 23.1 Å². The summed E-state index contributed by atoms with van der Waals surface area (Å²) in [6.07, 6.45) is 2.13. The smallest absolute Gasteiger partial charge is 0.193 e. The van der Waals surface area contributed by atoms with Crippen molar-refractivity contribution in [2.24, 2.45) is 5.92 Å². The largest absolute Gasteiger partial charge is 0.448 e. The van der Waals surface area contributed by atoms with E-state index in [-0.39, 0.29) is 0 Å². The average Bonchev–Trinajstić information content (AvgIpc) is 2.52. The highest BCUT2D eigenvalue weighted by Gasteiger charge is 2.02. The first-order valence-corrected chi connectivity index (χ1v) is 6.43. The van der Waals surface area contributed by atoms with E-state index in [1.54, 1.807) is 6.07 Å². The molecule has 0 aromatic carbocycles. The molecule has 0 saturated heterocycles. The topological polar surface area (TPSA) is 25.2 Å². The van der Waals surface area contributed by atoms with Crippen molar-refractivity contribution in [2.75, 3.05) is 18.6 Å². The molecule has 1 heterocycles. The van der Waals surface area contributed by atoms with Gasteiger partial charge in [0.2, 0.25) is 0 Å². The summed E-state index contributed by atoms with van der Waals surface area (Å²) < 4.78 is 5.22. The number of furan rings is 1.